The van der Waals surface area contributed by atoms with Gasteiger partial charge in [0.05, 0.1) is 18.6 Å². The molecule has 0 amide bonds. The Balaban J connectivity index is 2.05. The van der Waals surface area contributed by atoms with Crippen molar-refractivity contribution in [2.24, 2.45) is 0 Å². The van der Waals surface area contributed by atoms with Crippen molar-refractivity contribution in [2.45, 2.75) is 63.5 Å². The van der Waals surface area contributed by atoms with Gasteiger partial charge < -0.3 is 9.52 Å². The topological polar surface area (TPSA) is 82.8 Å². The molecule has 0 bridgehead atoms. The minimum Gasteiger partial charge on any atom is -0.472 e. The van der Waals surface area contributed by atoms with Gasteiger partial charge in [-0.15, -0.1) is 0 Å². The fourth-order valence-corrected chi connectivity index (χ4v) is 4.85. The van der Waals surface area contributed by atoms with Gasteiger partial charge in [-0.1, -0.05) is 6.92 Å². The number of nitrogens with one attached hydrogen (secondary N) is 1. The molecule has 0 aliphatic heterocycles. The summed E-state index contributed by atoms with van der Waals surface area (Å²) in [6.45, 7) is 9.11. The van der Waals surface area contributed by atoms with E-state index < -0.39 is 26.4 Å². The predicted octanol–water partition coefficient (Wildman–Crippen LogP) is 1.71. The fraction of sp³-hybridized carbons (Fsp3) is 0.750. The Kier molecular flexibility index (Phi) is 5.25. The summed E-state index contributed by atoms with van der Waals surface area (Å²) in [7, 11) is -3.57. The number of hydrogen-bond acceptors (Lipinski definition) is 5. The van der Waals surface area contributed by atoms with Gasteiger partial charge in [-0.2, -0.15) is 0 Å². The van der Waals surface area contributed by atoms with E-state index in [4.69, 9.17) is 4.42 Å². The zero-order chi connectivity index (χ0) is 17.3. The van der Waals surface area contributed by atoms with Gasteiger partial charge in [0.15, 0.2) is 0 Å². The van der Waals surface area contributed by atoms with Gasteiger partial charge >= 0.3 is 0 Å². The highest BCUT2D eigenvalue weighted by atomic mass is 32.2. The lowest BCUT2D eigenvalue weighted by Gasteiger charge is -2.31. The smallest absolute Gasteiger partial charge is 0.220 e. The van der Waals surface area contributed by atoms with E-state index in [1.54, 1.807) is 12.5 Å². The highest BCUT2D eigenvalue weighted by Crippen LogP contribution is 2.46. The number of aliphatic hydroxyl groups excluding tert-OH is 1. The lowest BCUT2D eigenvalue weighted by Crippen LogP contribution is -2.53. The molecule has 0 radical (unpaired) electrons. The van der Waals surface area contributed by atoms with E-state index in [0.29, 0.717) is 25.9 Å². The Morgan fingerprint density at radius 1 is 1.43 bits per heavy atom. The molecule has 7 heteroatoms. The maximum Gasteiger partial charge on any atom is 0.220 e. The normalized spacial score (nSPS) is 19.0. The van der Waals surface area contributed by atoms with Crippen molar-refractivity contribution in [3.63, 3.8) is 0 Å². The van der Waals surface area contributed by atoms with Crippen LogP contribution in [0.25, 0.3) is 0 Å². The summed E-state index contributed by atoms with van der Waals surface area (Å²) >= 11 is 0. The van der Waals surface area contributed by atoms with Gasteiger partial charge in [-0.05, 0) is 46.2 Å². The van der Waals surface area contributed by atoms with Crippen LogP contribution in [0.2, 0.25) is 0 Å². The van der Waals surface area contributed by atoms with E-state index in [1.807, 2.05) is 38.7 Å². The molecule has 2 N–H and O–H groups in total. The van der Waals surface area contributed by atoms with Crippen LogP contribution in [0, 0.1) is 0 Å². The first kappa shape index (κ1) is 18.4. The Bertz CT molecular complexity index is 601. The lowest BCUT2D eigenvalue weighted by molar-refractivity contribution is 0.101. The van der Waals surface area contributed by atoms with Gasteiger partial charge in [0.2, 0.25) is 10.0 Å². The highest BCUT2D eigenvalue weighted by Gasteiger charge is 2.60. The molecule has 1 aromatic heterocycles. The Morgan fingerprint density at radius 2 is 2.09 bits per heavy atom. The summed E-state index contributed by atoms with van der Waals surface area (Å²) in [6, 6.07) is 1.87. The molecule has 1 aromatic rings. The summed E-state index contributed by atoms with van der Waals surface area (Å²) in [5.41, 5.74) is 0.467. The third-order valence-electron chi connectivity index (χ3n) is 4.19. The van der Waals surface area contributed by atoms with Crippen LogP contribution in [-0.4, -0.2) is 47.9 Å². The minimum atomic E-state index is -3.57. The van der Waals surface area contributed by atoms with E-state index in [2.05, 4.69) is 4.72 Å². The van der Waals surface area contributed by atoms with Crippen LogP contribution in [0.1, 0.15) is 46.1 Å². The van der Waals surface area contributed by atoms with Crippen LogP contribution in [0.15, 0.2) is 23.0 Å². The molecule has 6 nitrogen and oxygen atoms in total. The first-order valence-electron chi connectivity index (χ1n) is 8.05. The molecule has 132 valence electrons. The van der Waals surface area contributed by atoms with Crippen LogP contribution in [0.5, 0.6) is 0 Å². The maximum atomic E-state index is 12.7. The van der Waals surface area contributed by atoms with Gasteiger partial charge in [-0.3, -0.25) is 4.90 Å². The Hall–Kier alpha value is -0.890. The number of nitrogens with zero attached hydrogens (tertiary/aromatic N) is 1. The van der Waals surface area contributed by atoms with Crippen LogP contribution < -0.4 is 4.72 Å². The fourth-order valence-electron chi connectivity index (χ4n) is 2.77. The molecule has 1 saturated carbocycles. The Labute approximate surface area is 138 Å². The van der Waals surface area contributed by atoms with Crippen molar-refractivity contribution in [2.75, 3.05) is 13.1 Å². The Morgan fingerprint density at radius 3 is 2.52 bits per heavy atom. The monoisotopic (exact) mass is 344 g/mol. The molecule has 1 atom stereocenters. The summed E-state index contributed by atoms with van der Waals surface area (Å²) in [5, 5.41) is 10.6. The van der Waals surface area contributed by atoms with Gasteiger partial charge in [0.1, 0.15) is 4.75 Å². The van der Waals surface area contributed by atoms with Gasteiger partial charge in [0.25, 0.3) is 0 Å². The SMILES string of the molecule is CCN(Cc1ccoc1)CC(O)C1(S(=O)(=O)NC(C)(C)C)CC1. The van der Waals surface area contributed by atoms with Crippen LogP contribution >= 0.6 is 0 Å². The largest absolute Gasteiger partial charge is 0.472 e. The van der Waals surface area contributed by atoms with E-state index in [9.17, 15) is 13.5 Å². The van der Waals surface area contributed by atoms with Crippen molar-refractivity contribution in [1.29, 1.82) is 0 Å². The molecule has 1 unspecified atom stereocenters. The number of aliphatic hydroxyl groups is 1. The van der Waals surface area contributed by atoms with Crippen molar-refractivity contribution >= 4 is 10.0 Å². The first-order valence-corrected chi connectivity index (χ1v) is 9.53. The van der Waals surface area contributed by atoms with Gasteiger partial charge in [0, 0.05) is 24.2 Å². The van der Waals surface area contributed by atoms with E-state index in [0.717, 1.165) is 12.1 Å². The van der Waals surface area contributed by atoms with E-state index in [1.165, 1.54) is 0 Å². The third kappa shape index (κ3) is 4.35. The first-order chi connectivity index (χ1) is 10.6. The van der Waals surface area contributed by atoms with Gasteiger partial charge in [-0.25, -0.2) is 13.1 Å². The molecular weight excluding hydrogens is 316 g/mol. The molecule has 2 rings (SSSR count). The zero-order valence-electron chi connectivity index (χ0n) is 14.4. The van der Waals surface area contributed by atoms with Crippen LogP contribution in [-0.2, 0) is 16.6 Å². The molecule has 1 aliphatic rings. The zero-order valence-corrected chi connectivity index (χ0v) is 15.2. The standard InChI is InChI=1S/C16H28N2O4S/c1-5-18(10-13-6-9-22-12-13)11-14(19)16(7-8-16)23(20,21)17-15(2,3)4/h6,9,12,14,17,19H,5,7-8,10-11H2,1-4H3. The molecule has 0 aromatic carbocycles. The van der Waals surface area contributed by atoms with Crippen molar-refractivity contribution < 1.29 is 17.9 Å². The van der Waals surface area contributed by atoms with E-state index >= 15 is 0 Å². The highest BCUT2D eigenvalue weighted by molar-refractivity contribution is 7.91. The summed E-state index contributed by atoms with van der Waals surface area (Å²) in [6.07, 6.45) is 3.37. The van der Waals surface area contributed by atoms with Crippen LogP contribution in [0.3, 0.4) is 0 Å². The third-order valence-corrected chi connectivity index (χ3v) is 6.82. The molecular formula is C16H28N2O4S. The molecule has 0 saturated heterocycles. The summed E-state index contributed by atoms with van der Waals surface area (Å²) < 4.78 is 32.0. The average Bonchev–Trinajstić information content (AvgIpc) is 3.09. The number of sulfonamides is 1. The number of rotatable bonds is 8. The number of likely N-dealkylation sites (N-methyl/N-ethyl adjacent to an activating group) is 1. The molecule has 0 spiro atoms. The van der Waals surface area contributed by atoms with E-state index in [-0.39, 0.29) is 0 Å². The minimum absolute atomic E-state index is 0.326. The molecule has 1 aliphatic carbocycles. The van der Waals surface area contributed by atoms with Crippen molar-refractivity contribution in [3.8, 4) is 0 Å². The predicted molar refractivity (Wildman–Crippen MR) is 89.4 cm³/mol. The second-order valence-electron chi connectivity index (χ2n) is 7.40. The summed E-state index contributed by atoms with van der Waals surface area (Å²) in [5.74, 6) is 0. The quantitative estimate of drug-likeness (QED) is 0.750. The molecule has 23 heavy (non-hydrogen) atoms. The van der Waals surface area contributed by atoms with Crippen molar-refractivity contribution in [3.05, 3.63) is 24.2 Å². The van der Waals surface area contributed by atoms with Crippen molar-refractivity contribution in [1.82, 2.24) is 9.62 Å². The second kappa shape index (κ2) is 6.55. The number of hydrogen-bond donors (Lipinski definition) is 2. The average molecular weight is 344 g/mol. The maximum absolute atomic E-state index is 12.7. The number of furan rings is 1. The second-order valence-corrected chi connectivity index (χ2v) is 9.42. The summed E-state index contributed by atoms with van der Waals surface area (Å²) in [4.78, 5) is 2.03. The lowest BCUT2D eigenvalue weighted by atomic mass is 10.1. The molecule has 1 heterocycles. The van der Waals surface area contributed by atoms with Crippen LogP contribution in [0.4, 0.5) is 0 Å². The molecule has 1 fully saturated rings.